The highest BCUT2D eigenvalue weighted by atomic mass is 32.2. The molecule has 1 unspecified atom stereocenters. The average molecular weight is 321 g/mol. The lowest BCUT2D eigenvalue weighted by atomic mass is 9.84. The van der Waals surface area contributed by atoms with Crippen molar-refractivity contribution in [3.63, 3.8) is 0 Å². The second kappa shape index (κ2) is 6.39. The monoisotopic (exact) mass is 320 g/mol. The number of benzene rings is 1. The number of hydrogen-bond acceptors (Lipinski definition) is 3. The van der Waals surface area contributed by atoms with Gasteiger partial charge in [-0.05, 0) is 42.2 Å². The molecule has 114 valence electrons. The van der Waals surface area contributed by atoms with Gasteiger partial charge in [0.25, 0.3) is 0 Å². The Labute approximate surface area is 136 Å². The van der Waals surface area contributed by atoms with Crippen LogP contribution >= 0.6 is 23.5 Å². The van der Waals surface area contributed by atoms with E-state index in [2.05, 4.69) is 49.4 Å². The molecule has 1 N–H and O–H groups in total. The van der Waals surface area contributed by atoms with Crippen molar-refractivity contribution >= 4 is 23.5 Å². The SMILES string of the molecule is CCC1CSC(c2ccccc2)(C2(O)C=CCCC2)SC1. The Bertz CT molecular complexity index is 491. The molecule has 1 atom stereocenters. The van der Waals surface area contributed by atoms with Gasteiger partial charge in [0, 0.05) is 0 Å². The van der Waals surface area contributed by atoms with Crippen LogP contribution in [-0.4, -0.2) is 22.2 Å². The van der Waals surface area contributed by atoms with Crippen molar-refractivity contribution in [2.75, 3.05) is 11.5 Å². The highest BCUT2D eigenvalue weighted by molar-refractivity contribution is 8.18. The van der Waals surface area contributed by atoms with E-state index in [-0.39, 0.29) is 4.08 Å². The van der Waals surface area contributed by atoms with Crippen molar-refractivity contribution in [2.45, 2.75) is 42.3 Å². The van der Waals surface area contributed by atoms with Crippen LogP contribution in [0.15, 0.2) is 42.5 Å². The van der Waals surface area contributed by atoms with Crippen molar-refractivity contribution < 1.29 is 5.11 Å². The Morgan fingerprint density at radius 3 is 2.48 bits per heavy atom. The molecule has 0 aromatic heterocycles. The van der Waals surface area contributed by atoms with Crippen molar-refractivity contribution in [2.24, 2.45) is 5.92 Å². The zero-order valence-corrected chi connectivity index (χ0v) is 14.3. The number of rotatable bonds is 3. The molecular weight excluding hydrogens is 296 g/mol. The Kier molecular flexibility index (Phi) is 4.72. The van der Waals surface area contributed by atoms with Crippen LogP contribution in [-0.2, 0) is 4.08 Å². The highest BCUT2D eigenvalue weighted by Crippen LogP contribution is 2.60. The fraction of sp³-hybridized carbons (Fsp3) is 0.556. The minimum atomic E-state index is -0.722. The van der Waals surface area contributed by atoms with E-state index in [0.29, 0.717) is 0 Å². The van der Waals surface area contributed by atoms with Gasteiger partial charge in [-0.15, -0.1) is 23.5 Å². The van der Waals surface area contributed by atoms with Gasteiger partial charge in [-0.1, -0.05) is 55.8 Å². The third kappa shape index (κ3) is 2.80. The van der Waals surface area contributed by atoms with E-state index >= 15 is 0 Å². The molecule has 0 saturated carbocycles. The minimum Gasteiger partial charge on any atom is -0.383 e. The first-order valence-electron chi connectivity index (χ1n) is 7.94. The fourth-order valence-corrected chi connectivity index (χ4v) is 7.23. The molecule has 0 bridgehead atoms. The third-order valence-electron chi connectivity index (χ3n) is 4.67. The molecule has 1 aromatic carbocycles. The van der Waals surface area contributed by atoms with E-state index in [1.165, 1.54) is 12.0 Å². The van der Waals surface area contributed by atoms with E-state index < -0.39 is 5.60 Å². The van der Waals surface area contributed by atoms with Gasteiger partial charge in [-0.25, -0.2) is 0 Å². The Morgan fingerprint density at radius 1 is 1.19 bits per heavy atom. The molecule has 1 saturated heterocycles. The molecular formula is C18H24OS2. The summed E-state index contributed by atoms with van der Waals surface area (Å²) in [5.41, 5.74) is 0.546. The van der Waals surface area contributed by atoms with E-state index in [9.17, 15) is 5.11 Å². The zero-order chi connectivity index (χ0) is 14.8. The molecule has 1 aliphatic heterocycles. The summed E-state index contributed by atoms with van der Waals surface area (Å²) in [5.74, 6) is 3.07. The number of allylic oxidation sites excluding steroid dienone is 1. The topological polar surface area (TPSA) is 20.2 Å². The summed E-state index contributed by atoms with van der Waals surface area (Å²) >= 11 is 3.93. The predicted octanol–water partition coefficient (Wildman–Crippen LogP) is 4.82. The summed E-state index contributed by atoms with van der Waals surface area (Å²) < 4.78 is -0.239. The molecule has 1 heterocycles. The number of aliphatic hydroxyl groups is 1. The van der Waals surface area contributed by atoms with Crippen molar-refractivity contribution in [3.8, 4) is 0 Å². The Morgan fingerprint density at radius 2 is 1.90 bits per heavy atom. The van der Waals surface area contributed by atoms with Gasteiger partial charge in [0.1, 0.15) is 9.68 Å². The van der Waals surface area contributed by atoms with Gasteiger partial charge in [0.05, 0.1) is 0 Å². The van der Waals surface area contributed by atoms with Crippen LogP contribution in [0.3, 0.4) is 0 Å². The number of thioether (sulfide) groups is 2. The molecule has 0 radical (unpaired) electrons. The van der Waals surface area contributed by atoms with E-state index in [4.69, 9.17) is 0 Å². The van der Waals surface area contributed by atoms with Crippen molar-refractivity contribution in [1.29, 1.82) is 0 Å². The smallest absolute Gasteiger partial charge is 0.118 e. The molecule has 3 rings (SSSR count). The van der Waals surface area contributed by atoms with Crippen LogP contribution in [0, 0.1) is 5.92 Å². The fourth-order valence-electron chi connectivity index (χ4n) is 3.25. The maximum absolute atomic E-state index is 11.4. The van der Waals surface area contributed by atoms with Gasteiger partial charge >= 0.3 is 0 Å². The first-order chi connectivity index (χ1) is 10.2. The predicted molar refractivity (Wildman–Crippen MR) is 94.8 cm³/mol. The maximum atomic E-state index is 11.4. The van der Waals surface area contributed by atoms with Crippen LogP contribution in [0.1, 0.15) is 38.2 Å². The lowest BCUT2D eigenvalue weighted by Crippen LogP contribution is -2.49. The lowest BCUT2D eigenvalue weighted by Gasteiger charge is -2.49. The van der Waals surface area contributed by atoms with Crippen LogP contribution in [0.4, 0.5) is 0 Å². The summed E-state index contributed by atoms with van der Waals surface area (Å²) in [4.78, 5) is 0. The van der Waals surface area contributed by atoms with Gasteiger partial charge in [-0.2, -0.15) is 0 Å². The third-order valence-corrected chi connectivity index (χ3v) is 8.64. The molecule has 1 aliphatic carbocycles. The molecule has 2 aliphatic rings. The van der Waals surface area contributed by atoms with Gasteiger partial charge in [-0.3, -0.25) is 0 Å². The van der Waals surface area contributed by atoms with Gasteiger partial charge in [0.2, 0.25) is 0 Å². The lowest BCUT2D eigenvalue weighted by molar-refractivity contribution is 0.0606. The van der Waals surface area contributed by atoms with Crippen molar-refractivity contribution in [1.82, 2.24) is 0 Å². The molecule has 0 amide bonds. The summed E-state index contributed by atoms with van der Waals surface area (Å²) in [7, 11) is 0. The Hall–Kier alpha value is -0.380. The summed E-state index contributed by atoms with van der Waals surface area (Å²) in [6.45, 7) is 2.27. The molecule has 1 fully saturated rings. The molecule has 1 nitrogen and oxygen atoms in total. The molecule has 0 spiro atoms. The molecule has 21 heavy (non-hydrogen) atoms. The zero-order valence-electron chi connectivity index (χ0n) is 12.6. The van der Waals surface area contributed by atoms with Crippen molar-refractivity contribution in [3.05, 3.63) is 48.0 Å². The second-order valence-corrected chi connectivity index (χ2v) is 8.82. The van der Waals surface area contributed by atoms with Crippen LogP contribution < -0.4 is 0 Å². The van der Waals surface area contributed by atoms with Crippen LogP contribution in [0.2, 0.25) is 0 Å². The maximum Gasteiger partial charge on any atom is 0.118 e. The van der Waals surface area contributed by atoms with E-state index in [1.54, 1.807) is 0 Å². The standard InChI is InChI=1S/C18H24OS2/c1-2-15-13-20-18(21-14-15,16-9-5-3-6-10-16)17(19)11-7-4-8-12-17/h3,5-7,9-11,15,19H,2,4,8,12-14H2,1H3. The van der Waals surface area contributed by atoms with E-state index in [1.807, 2.05) is 23.5 Å². The summed E-state index contributed by atoms with van der Waals surface area (Å²) in [5, 5.41) is 11.4. The first-order valence-corrected chi connectivity index (χ1v) is 9.91. The first kappa shape index (κ1) is 15.5. The van der Waals surface area contributed by atoms with Crippen LogP contribution in [0.25, 0.3) is 0 Å². The van der Waals surface area contributed by atoms with Gasteiger partial charge < -0.3 is 5.11 Å². The molecule has 3 heteroatoms. The quantitative estimate of drug-likeness (QED) is 0.807. The molecule has 1 aromatic rings. The average Bonchev–Trinajstić information content (AvgIpc) is 2.56. The Balaban J connectivity index is 2.00. The van der Waals surface area contributed by atoms with E-state index in [0.717, 1.165) is 36.7 Å². The summed E-state index contributed by atoms with van der Waals surface area (Å²) in [6, 6.07) is 10.6. The van der Waals surface area contributed by atoms with Crippen LogP contribution in [0.5, 0.6) is 0 Å². The largest absolute Gasteiger partial charge is 0.383 e. The second-order valence-electron chi connectivity index (χ2n) is 6.10. The van der Waals surface area contributed by atoms with Gasteiger partial charge in [0.15, 0.2) is 0 Å². The summed E-state index contributed by atoms with van der Waals surface area (Å²) in [6.07, 6.45) is 8.53. The normalized spacial score (nSPS) is 36.6. The minimum absolute atomic E-state index is 0.239. The highest BCUT2D eigenvalue weighted by Gasteiger charge is 2.53. The number of hydrogen-bond donors (Lipinski definition) is 1.